The van der Waals surface area contributed by atoms with Crippen molar-refractivity contribution >= 4 is 19.1 Å². The molecule has 0 saturated carbocycles. The number of hydrogen-bond acceptors (Lipinski definition) is 6. The number of rotatable bonds is 4. The molecule has 0 aromatic rings. The monoisotopic (exact) mass is 313 g/mol. The second-order valence-corrected chi connectivity index (χ2v) is 10.5. The minimum Gasteiger partial charge on any atom is -0.388 e. The highest BCUT2D eigenvalue weighted by Gasteiger charge is 2.44. The van der Waals surface area contributed by atoms with Crippen LogP contribution in [0, 0.1) is 0 Å². The second-order valence-electron chi connectivity index (χ2n) is 6.21. The molecule has 2 aliphatic rings. The van der Waals surface area contributed by atoms with Crippen LogP contribution in [0.3, 0.4) is 0 Å². The normalized spacial score (nSPS) is 33.4. The van der Waals surface area contributed by atoms with Crippen LogP contribution in [0.5, 0.6) is 0 Å². The van der Waals surface area contributed by atoms with Gasteiger partial charge in [0.15, 0.2) is 5.96 Å². The molecule has 1 fully saturated rings. The first-order valence-corrected chi connectivity index (χ1v) is 9.93. The largest absolute Gasteiger partial charge is 0.388 e. The highest BCUT2D eigenvalue weighted by Crippen LogP contribution is 2.39. The average Bonchev–Trinajstić information content (AvgIpc) is 2.64. The standard InChI is InChI=1S/C14H24N3O3P/c1-8-9(7-16-14(15)17-8)13-12(19)11(18)10(20-13)5-6-21(2,3)4/h7,10-13,18-19H,1-2,5-6H2,3-4H3,(H3,15,16,17)/t10-,11-,12-,13+/m1/s1. The van der Waals surface area contributed by atoms with Crippen LogP contribution in [-0.4, -0.2) is 66.4 Å². The van der Waals surface area contributed by atoms with Gasteiger partial charge in [-0.15, -0.1) is 13.2 Å². The summed E-state index contributed by atoms with van der Waals surface area (Å²) >= 11 is 0. The van der Waals surface area contributed by atoms with Crippen LogP contribution < -0.4 is 11.1 Å². The van der Waals surface area contributed by atoms with Gasteiger partial charge in [0, 0.05) is 11.8 Å². The van der Waals surface area contributed by atoms with Crippen molar-refractivity contribution < 1.29 is 14.9 Å². The quantitative estimate of drug-likeness (QED) is 0.543. The molecular formula is C14H24N3O3P. The first-order chi connectivity index (χ1) is 9.69. The smallest absolute Gasteiger partial charge is 0.197 e. The molecule has 0 spiro atoms. The maximum Gasteiger partial charge on any atom is 0.197 e. The molecule has 0 unspecified atom stereocenters. The van der Waals surface area contributed by atoms with Crippen LogP contribution in [0.25, 0.3) is 0 Å². The zero-order valence-corrected chi connectivity index (χ0v) is 13.4. The van der Waals surface area contributed by atoms with Gasteiger partial charge in [-0.05, 0) is 25.9 Å². The van der Waals surface area contributed by atoms with Crippen molar-refractivity contribution in [2.24, 2.45) is 10.7 Å². The molecule has 0 aliphatic carbocycles. The lowest BCUT2D eigenvalue weighted by atomic mass is 9.99. The van der Waals surface area contributed by atoms with Crippen LogP contribution >= 0.6 is 6.89 Å². The van der Waals surface area contributed by atoms with Crippen molar-refractivity contribution in [1.29, 1.82) is 0 Å². The van der Waals surface area contributed by atoms with Crippen LogP contribution in [0.1, 0.15) is 6.42 Å². The van der Waals surface area contributed by atoms with Crippen LogP contribution in [-0.2, 0) is 4.74 Å². The number of aliphatic imine (C=N–C) groups is 1. The third-order valence-corrected chi connectivity index (χ3v) is 5.12. The molecule has 118 valence electrons. The number of nitrogens with one attached hydrogen (secondary N) is 1. The predicted octanol–water partition coefficient (Wildman–Crippen LogP) is -0.110. The van der Waals surface area contributed by atoms with E-state index in [2.05, 4.69) is 36.5 Å². The van der Waals surface area contributed by atoms with Crippen molar-refractivity contribution in [3.8, 4) is 0 Å². The summed E-state index contributed by atoms with van der Waals surface area (Å²) in [6.45, 7) is 6.88. The van der Waals surface area contributed by atoms with E-state index in [9.17, 15) is 10.2 Å². The van der Waals surface area contributed by atoms with E-state index < -0.39 is 31.3 Å². The summed E-state index contributed by atoms with van der Waals surface area (Å²) in [5.41, 5.74) is 6.60. The minimum absolute atomic E-state index is 0.247. The fourth-order valence-corrected chi connectivity index (χ4v) is 3.40. The Labute approximate surface area is 125 Å². The number of nitrogens with zero attached hydrogens (tertiary/aromatic N) is 1. The molecule has 0 amide bonds. The van der Waals surface area contributed by atoms with E-state index in [-0.39, 0.29) is 5.96 Å². The van der Waals surface area contributed by atoms with E-state index in [0.717, 1.165) is 6.16 Å². The maximum atomic E-state index is 10.2. The molecule has 1 saturated heterocycles. The molecular weight excluding hydrogens is 289 g/mol. The van der Waals surface area contributed by atoms with E-state index in [1.807, 2.05) is 0 Å². The van der Waals surface area contributed by atoms with Gasteiger partial charge >= 0.3 is 0 Å². The van der Waals surface area contributed by atoms with Gasteiger partial charge in [-0.2, -0.15) is 0 Å². The van der Waals surface area contributed by atoms with Gasteiger partial charge < -0.3 is 26.0 Å². The van der Waals surface area contributed by atoms with Crippen LogP contribution in [0.4, 0.5) is 0 Å². The zero-order chi connectivity index (χ0) is 15.8. The number of ether oxygens (including phenoxy) is 1. The Hall–Kier alpha value is -1.07. The lowest BCUT2D eigenvalue weighted by Gasteiger charge is -2.22. The molecule has 2 aliphatic heterocycles. The number of guanidine groups is 1. The molecule has 6 nitrogen and oxygen atoms in total. The number of nitrogens with two attached hydrogens (primary N) is 1. The predicted molar refractivity (Wildman–Crippen MR) is 88.0 cm³/mol. The first-order valence-electron chi connectivity index (χ1n) is 6.88. The van der Waals surface area contributed by atoms with Crippen molar-refractivity contribution in [3.05, 3.63) is 24.0 Å². The summed E-state index contributed by atoms with van der Waals surface area (Å²) in [6.07, 6.45) is 4.38. The molecule has 0 bridgehead atoms. The maximum absolute atomic E-state index is 10.2. The zero-order valence-electron chi connectivity index (χ0n) is 12.5. The summed E-state index contributed by atoms with van der Waals surface area (Å²) in [4.78, 5) is 4.02. The Bertz CT molecular complexity index is 538. The number of aliphatic hydroxyl groups excluding tert-OH is 2. The summed E-state index contributed by atoms with van der Waals surface area (Å²) < 4.78 is 5.84. The molecule has 4 atom stereocenters. The van der Waals surface area contributed by atoms with Crippen molar-refractivity contribution in [3.63, 3.8) is 0 Å². The van der Waals surface area contributed by atoms with Crippen molar-refractivity contribution in [1.82, 2.24) is 5.32 Å². The molecule has 0 aromatic carbocycles. The third-order valence-electron chi connectivity index (χ3n) is 3.65. The Kier molecular flexibility index (Phi) is 4.63. The molecule has 5 N–H and O–H groups in total. The van der Waals surface area contributed by atoms with E-state index in [0.29, 0.717) is 17.7 Å². The van der Waals surface area contributed by atoms with Gasteiger partial charge in [0.25, 0.3) is 0 Å². The Morgan fingerprint density at radius 3 is 2.67 bits per heavy atom. The molecule has 2 rings (SSSR count). The molecule has 21 heavy (non-hydrogen) atoms. The number of hydrogen-bond donors (Lipinski definition) is 4. The Morgan fingerprint density at radius 1 is 1.43 bits per heavy atom. The van der Waals surface area contributed by atoms with Gasteiger partial charge in [0.1, 0.15) is 18.3 Å². The van der Waals surface area contributed by atoms with Gasteiger partial charge in [0.05, 0.1) is 11.8 Å². The molecule has 0 radical (unpaired) electrons. The van der Waals surface area contributed by atoms with E-state index in [1.165, 1.54) is 0 Å². The topological polar surface area (TPSA) is 100 Å². The fraction of sp³-hybridized carbons (Fsp3) is 0.571. The van der Waals surface area contributed by atoms with Gasteiger partial charge in [0.2, 0.25) is 0 Å². The SMILES string of the molecule is C=C1N=C(N)NC=C1[C@@H]1O[C@H](CCP(=C)(C)C)[C@@H](O)[C@H]1O. The van der Waals surface area contributed by atoms with Crippen LogP contribution in [0.2, 0.25) is 0 Å². The molecule has 2 heterocycles. The van der Waals surface area contributed by atoms with Gasteiger partial charge in [-0.3, -0.25) is 0 Å². The van der Waals surface area contributed by atoms with E-state index in [1.54, 1.807) is 6.20 Å². The van der Waals surface area contributed by atoms with Crippen molar-refractivity contribution in [2.45, 2.75) is 30.8 Å². The highest BCUT2D eigenvalue weighted by molar-refractivity contribution is 7.72. The van der Waals surface area contributed by atoms with Crippen LogP contribution in [0.15, 0.2) is 29.0 Å². The second kappa shape index (κ2) is 5.97. The fourth-order valence-electron chi connectivity index (χ4n) is 2.44. The molecule has 0 aromatic heterocycles. The Morgan fingerprint density at radius 2 is 2.10 bits per heavy atom. The molecule has 7 heteroatoms. The van der Waals surface area contributed by atoms with Crippen molar-refractivity contribution in [2.75, 3.05) is 19.5 Å². The summed E-state index contributed by atoms with van der Waals surface area (Å²) in [5, 5.41) is 23.2. The average molecular weight is 313 g/mol. The first kappa shape index (κ1) is 16.3. The highest BCUT2D eigenvalue weighted by atomic mass is 31.2. The lowest BCUT2D eigenvalue weighted by molar-refractivity contribution is 0.0189. The van der Waals surface area contributed by atoms with Gasteiger partial charge in [-0.25, -0.2) is 4.99 Å². The number of aliphatic hydroxyl groups is 2. The van der Waals surface area contributed by atoms with Gasteiger partial charge in [-0.1, -0.05) is 6.58 Å². The summed E-state index contributed by atoms with van der Waals surface area (Å²) in [7, 11) is 0. The van der Waals surface area contributed by atoms with E-state index in [4.69, 9.17) is 10.5 Å². The minimum atomic E-state index is -1.19. The third kappa shape index (κ3) is 3.77. The Balaban J connectivity index is 2.07. The summed E-state index contributed by atoms with van der Waals surface area (Å²) in [5.74, 6) is 0.247. The lowest BCUT2D eigenvalue weighted by Crippen LogP contribution is -2.37. The van der Waals surface area contributed by atoms with E-state index >= 15 is 0 Å². The summed E-state index contributed by atoms with van der Waals surface area (Å²) in [6, 6.07) is 0.